The molecule has 4 aromatic rings. The van der Waals surface area contributed by atoms with Crippen LogP contribution in [0.2, 0.25) is 0 Å². The Morgan fingerprint density at radius 2 is 1.72 bits per heavy atom. The Bertz CT molecular complexity index is 1190. The zero-order valence-corrected chi connectivity index (χ0v) is 16.9. The topological polar surface area (TPSA) is 63.3 Å². The molecule has 0 atom stereocenters. The SMILES string of the molecule is CCc1nc2c(C)cc(C)nc2n1Cc1cccc(C(=NO)c2ccccc2)c1. The lowest BCUT2D eigenvalue weighted by Gasteiger charge is -2.11. The Morgan fingerprint density at radius 3 is 2.45 bits per heavy atom. The minimum Gasteiger partial charge on any atom is -0.410 e. The number of nitrogens with zero attached hydrogens (tertiary/aromatic N) is 4. The van der Waals surface area contributed by atoms with E-state index in [1.165, 1.54) is 0 Å². The molecule has 5 heteroatoms. The molecule has 0 bridgehead atoms. The second-order valence-corrected chi connectivity index (χ2v) is 7.24. The normalized spacial score (nSPS) is 11.9. The third kappa shape index (κ3) is 3.63. The first-order chi connectivity index (χ1) is 14.1. The van der Waals surface area contributed by atoms with Crippen LogP contribution in [-0.4, -0.2) is 25.5 Å². The van der Waals surface area contributed by atoms with Gasteiger partial charge in [0.25, 0.3) is 0 Å². The lowest BCUT2D eigenvalue weighted by Crippen LogP contribution is -2.08. The highest BCUT2D eigenvalue weighted by atomic mass is 16.4. The van der Waals surface area contributed by atoms with Crippen molar-refractivity contribution in [1.82, 2.24) is 14.5 Å². The van der Waals surface area contributed by atoms with Gasteiger partial charge in [-0.1, -0.05) is 60.6 Å². The maximum absolute atomic E-state index is 9.63. The summed E-state index contributed by atoms with van der Waals surface area (Å²) in [7, 11) is 0. The van der Waals surface area contributed by atoms with Gasteiger partial charge in [-0.15, -0.1) is 0 Å². The number of aromatic nitrogens is 3. The summed E-state index contributed by atoms with van der Waals surface area (Å²) >= 11 is 0. The van der Waals surface area contributed by atoms with Crippen LogP contribution >= 0.6 is 0 Å². The number of rotatable bonds is 5. The molecular weight excluding hydrogens is 360 g/mol. The van der Waals surface area contributed by atoms with Crippen LogP contribution in [0.4, 0.5) is 0 Å². The third-order valence-electron chi connectivity index (χ3n) is 5.11. The number of hydrogen-bond donors (Lipinski definition) is 1. The summed E-state index contributed by atoms with van der Waals surface area (Å²) in [4.78, 5) is 9.59. The molecule has 29 heavy (non-hydrogen) atoms. The van der Waals surface area contributed by atoms with Crippen molar-refractivity contribution in [3.05, 3.63) is 94.4 Å². The van der Waals surface area contributed by atoms with Crippen LogP contribution in [0.25, 0.3) is 11.2 Å². The Balaban J connectivity index is 1.76. The van der Waals surface area contributed by atoms with Gasteiger partial charge in [0.15, 0.2) is 5.65 Å². The summed E-state index contributed by atoms with van der Waals surface area (Å²) in [6.07, 6.45) is 0.835. The van der Waals surface area contributed by atoms with Gasteiger partial charge in [0, 0.05) is 23.2 Å². The van der Waals surface area contributed by atoms with Gasteiger partial charge < -0.3 is 9.77 Å². The van der Waals surface area contributed by atoms with Crippen LogP contribution < -0.4 is 0 Å². The van der Waals surface area contributed by atoms with E-state index in [1.807, 2.05) is 49.4 Å². The van der Waals surface area contributed by atoms with E-state index < -0.39 is 0 Å². The second-order valence-electron chi connectivity index (χ2n) is 7.24. The minimum atomic E-state index is 0.559. The smallest absolute Gasteiger partial charge is 0.160 e. The molecule has 0 spiro atoms. The summed E-state index contributed by atoms with van der Waals surface area (Å²) in [5.41, 5.74) is 7.44. The molecule has 4 rings (SSSR count). The van der Waals surface area contributed by atoms with Crippen molar-refractivity contribution < 1.29 is 5.21 Å². The molecule has 0 aliphatic carbocycles. The first kappa shape index (κ1) is 18.9. The fourth-order valence-corrected chi connectivity index (χ4v) is 3.76. The van der Waals surface area contributed by atoms with Crippen molar-refractivity contribution in [2.75, 3.05) is 0 Å². The molecule has 1 N–H and O–H groups in total. The van der Waals surface area contributed by atoms with E-state index in [-0.39, 0.29) is 0 Å². The maximum atomic E-state index is 9.63. The zero-order valence-electron chi connectivity index (χ0n) is 16.9. The van der Waals surface area contributed by atoms with E-state index in [9.17, 15) is 5.21 Å². The third-order valence-corrected chi connectivity index (χ3v) is 5.11. The van der Waals surface area contributed by atoms with Gasteiger partial charge >= 0.3 is 0 Å². The molecule has 5 nitrogen and oxygen atoms in total. The van der Waals surface area contributed by atoms with Gasteiger partial charge in [-0.3, -0.25) is 0 Å². The van der Waals surface area contributed by atoms with Gasteiger partial charge in [0.05, 0.1) is 6.54 Å². The fraction of sp³-hybridized carbons (Fsp3) is 0.208. The molecule has 2 heterocycles. The number of fused-ring (bicyclic) bond motifs is 1. The van der Waals surface area contributed by atoms with Gasteiger partial charge in [-0.2, -0.15) is 0 Å². The molecule has 0 saturated heterocycles. The fourth-order valence-electron chi connectivity index (χ4n) is 3.76. The summed E-state index contributed by atoms with van der Waals surface area (Å²) in [5, 5.41) is 13.2. The first-order valence-electron chi connectivity index (χ1n) is 9.81. The van der Waals surface area contributed by atoms with Crippen molar-refractivity contribution in [3.63, 3.8) is 0 Å². The molecule has 0 aliphatic rings. The molecule has 2 aromatic heterocycles. The second kappa shape index (κ2) is 7.87. The molecule has 0 radical (unpaired) electrons. The summed E-state index contributed by atoms with van der Waals surface area (Å²) < 4.78 is 2.19. The monoisotopic (exact) mass is 384 g/mol. The molecule has 0 aliphatic heterocycles. The van der Waals surface area contributed by atoms with Crippen molar-refractivity contribution in [2.24, 2.45) is 5.16 Å². The van der Waals surface area contributed by atoms with Crippen LogP contribution in [0.3, 0.4) is 0 Å². The quantitative estimate of drug-likeness (QED) is 0.303. The largest absolute Gasteiger partial charge is 0.410 e. The molecule has 0 fully saturated rings. The van der Waals surface area contributed by atoms with Crippen molar-refractivity contribution in [3.8, 4) is 0 Å². The van der Waals surface area contributed by atoms with E-state index in [1.54, 1.807) is 0 Å². The Kier molecular flexibility index (Phi) is 5.12. The van der Waals surface area contributed by atoms with Crippen molar-refractivity contribution in [2.45, 2.75) is 33.7 Å². The number of imidazole rings is 1. The van der Waals surface area contributed by atoms with Crippen LogP contribution in [0.1, 0.15) is 40.7 Å². The standard InChI is InChI=1S/C24H24N4O/c1-4-21-26-22-16(2)13-17(3)25-24(22)28(21)15-18-9-8-12-20(14-18)23(27-29)19-10-6-5-7-11-19/h5-14,29H,4,15H2,1-3H3. The Labute approximate surface area is 170 Å². The van der Waals surface area contributed by atoms with E-state index in [2.05, 4.69) is 41.8 Å². The molecular formula is C24H24N4O. The highest BCUT2D eigenvalue weighted by Gasteiger charge is 2.15. The van der Waals surface area contributed by atoms with Crippen LogP contribution in [-0.2, 0) is 13.0 Å². The Morgan fingerprint density at radius 1 is 0.966 bits per heavy atom. The van der Waals surface area contributed by atoms with Crippen LogP contribution in [0.15, 0.2) is 65.8 Å². The van der Waals surface area contributed by atoms with E-state index >= 15 is 0 Å². The molecule has 0 saturated carbocycles. The highest BCUT2D eigenvalue weighted by Crippen LogP contribution is 2.22. The Hall–Kier alpha value is -3.47. The van der Waals surface area contributed by atoms with Gasteiger partial charge in [-0.05, 0) is 37.1 Å². The molecule has 0 unspecified atom stereocenters. The number of benzene rings is 2. The van der Waals surface area contributed by atoms with Gasteiger partial charge in [-0.25, -0.2) is 9.97 Å². The number of hydrogen-bond acceptors (Lipinski definition) is 4. The van der Waals surface area contributed by atoms with Gasteiger partial charge in [0.1, 0.15) is 17.1 Å². The average molecular weight is 384 g/mol. The van der Waals surface area contributed by atoms with E-state index in [0.29, 0.717) is 12.3 Å². The summed E-state index contributed by atoms with van der Waals surface area (Å²) in [5.74, 6) is 1.02. The van der Waals surface area contributed by atoms with Gasteiger partial charge in [0.2, 0.25) is 0 Å². The summed E-state index contributed by atoms with van der Waals surface area (Å²) in [6.45, 7) is 6.87. The minimum absolute atomic E-state index is 0.559. The molecule has 0 amide bonds. The lowest BCUT2D eigenvalue weighted by molar-refractivity contribution is 0.319. The van der Waals surface area contributed by atoms with Crippen LogP contribution in [0.5, 0.6) is 0 Å². The van der Waals surface area contributed by atoms with Crippen LogP contribution in [0, 0.1) is 13.8 Å². The summed E-state index contributed by atoms with van der Waals surface area (Å²) in [6, 6.07) is 19.9. The number of aryl methyl sites for hydroxylation is 3. The predicted molar refractivity (Wildman–Crippen MR) is 116 cm³/mol. The lowest BCUT2D eigenvalue weighted by atomic mass is 10.0. The number of oxime groups is 1. The average Bonchev–Trinajstić information content (AvgIpc) is 3.07. The highest BCUT2D eigenvalue weighted by molar-refractivity contribution is 6.12. The number of pyridine rings is 1. The predicted octanol–water partition coefficient (Wildman–Crippen LogP) is 4.89. The maximum Gasteiger partial charge on any atom is 0.160 e. The van der Waals surface area contributed by atoms with Crippen molar-refractivity contribution in [1.29, 1.82) is 0 Å². The van der Waals surface area contributed by atoms with E-state index in [4.69, 9.17) is 9.97 Å². The molecule has 2 aromatic carbocycles. The molecule has 146 valence electrons. The zero-order chi connectivity index (χ0) is 20.4. The first-order valence-corrected chi connectivity index (χ1v) is 9.81. The van der Waals surface area contributed by atoms with E-state index in [0.717, 1.165) is 51.4 Å². The van der Waals surface area contributed by atoms with Crippen molar-refractivity contribution >= 4 is 16.9 Å².